The quantitative estimate of drug-likeness (QED) is 0.170. The van der Waals surface area contributed by atoms with E-state index in [1.165, 1.54) is 12.8 Å². The van der Waals surface area contributed by atoms with E-state index < -0.39 is 0 Å². The van der Waals surface area contributed by atoms with Crippen molar-refractivity contribution in [1.82, 2.24) is 19.6 Å². The van der Waals surface area contributed by atoms with Gasteiger partial charge in [0.05, 0.1) is 0 Å². The Kier molecular flexibility index (Phi) is 24.4. The summed E-state index contributed by atoms with van der Waals surface area (Å²) in [4.78, 5) is 15.6. The van der Waals surface area contributed by atoms with Gasteiger partial charge in [-0.25, -0.2) is 0 Å². The van der Waals surface area contributed by atoms with E-state index >= 15 is 0 Å². The minimum absolute atomic E-state index is 0.791. The summed E-state index contributed by atoms with van der Waals surface area (Å²) in [6.07, 6.45) is 113. The summed E-state index contributed by atoms with van der Waals surface area (Å²) in [7, 11) is 0. The van der Waals surface area contributed by atoms with Gasteiger partial charge in [-0.15, -0.1) is 0 Å². The molecule has 644 valence electrons. The van der Waals surface area contributed by atoms with E-state index in [2.05, 4.69) is 19.6 Å². The van der Waals surface area contributed by atoms with E-state index in [4.69, 9.17) is 0 Å². The first-order chi connectivity index (χ1) is 57.1. The lowest BCUT2D eigenvalue weighted by atomic mass is 9.18. The monoisotopic (exact) mass is 1570 g/mol. The lowest BCUT2D eigenvalue weighted by Crippen LogP contribution is -2.78. The van der Waals surface area contributed by atoms with Crippen molar-refractivity contribution in [1.29, 1.82) is 0 Å². The molecule has 23 fully saturated rings. The van der Waals surface area contributed by atoms with Crippen LogP contribution >= 0.6 is 0 Å². The molecule has 23 rings (SSSR count). The fourth-order valence-corrected chi connectivity index (χ4v) is 42.7. The summed E-state index contributed by atoms with van der Waals surface area (Å²) in [6.45, 7) is 0.986. The molecule has 20 aliphatic carbocycles. The van der Waals surface area contributed by atoms with Crippen LogP contribution in [0.2, 0.25) is 17.5 Å². The molecule has 27 atom stereocenters. The summed E-state index contributed by atoms with van der Waals surface area (Å²) in [5.41, 5.74) is 0. The Hall–Kier alpha value is -0.0951. The second kappa shape index (κ2) is 35.3. The van der Waals surface area contributed by atoms with Crippen LogP contribution in [0, 0.1) is 142 Å². The van der Waals surface area contributed by atoms with Crippen LogP contribution < -0.4 is 0 Å². The zero-order chi connectivity index (χ0) is 75.6. The summed E-state index contributed by atoms with van der Waals surface area (Å²) in [5, 5.41) is 0. The zero-order valence-electron chi connectivity index (χ0n) is 75.1. The third-order valence-electron chi connectivity index (χ3n) is 46.3. The molecule has 0 bridgehead atoms. The maximum atomic E-state index is 4.10. The van der Waals surface area contributed by atoms with Crippen LogP contribution in [0.25, 0.3) is 0 Å². The summed E-state index contributed by atoms with van der Waals surface area (Å²) < 4.78 is 0. The molecule has 4 nitrogen and oxygen atoms in total. The van der Waals surface area contributed by atoms with Crippen LogP contribution in [-0.4, -0.2) is 98.8 Å². The highest BCUT2D eigenvalue weighted by Crippen LogP contribution is 2.71. The number of hydrogen-bond donors (Lipinski definition) is 0. The van der Waals surface area contributed by atoms with Gasteiger partial charge in [0.15, 0.2) is 6.71 Å². The van der Waals surface area contributed by atoms with Crippen molar-refractivity contribution >= 4 is 6.71 Å². The smallest absolute Gasteiger partial charge is 0.156 e. The van der Waals surface area contributed by atoms with Crippen LogP contribution in [0.15, 0.2) is 0 Å². The van der Waals surface area contributed by atoms with Gasteiger partial charge < -0.3 is 0 Å². The molecule has 20 saturated carbocycles. The highest BCUT2D eigenvalue weighted by Gasteiger charge is 2.70. The highest BCUT2D eigenvalue weighted by molar-refractivity contribution is 6.65. The standard InChI is InChI=1S/C110H181BN4/c1-7-28-72(29-8-1)74-54-59-84(60-55-74)112(85-61-56-75(57-62-85)73-30-9-2-10-31-73)87-70-104-108-105(71-87)115(110-90(78-36-15-5-16-37-78)47-27-48-91(110)79-38-17-6-18-39-79)103-69-86(113-100-52-21-19-43-92(100)93-44-20-22-53-101(93)113)63-65-99(103)111(108)98-64-58-81(83-66-82-42-25-50-95-94-49-23-40-80-41-24-51-96(106(80)94)97(67-83)107(82)95)68-102(98)114(104)109-88(76-32-11-3-12-33-76)45-26-46-89(109)77-34-13-4-14-35-77/h72-110H,1-71H2. The van der Waals surface area contributed by atoms with Gasteiger partial charge >= 0.3 is 0 Å². The number of fused-ring (bicyclic) bond motifs is 9. The number of likely N-dealkylation sites (tertiary alicyclic amines) is 1. The first kappa shape index (κ1) is 79.5. The average molecular weight is 1570 g/mol. The molecule has 3 saturated heterocycles. The van der Waals surface area contributed by atoms with Gasteiger partial charge in [0.1, 0.15) is 0 Å². The van der Waals surface area contributed by atoms with E-state index in [0.29, 0.717) is 0 Å². The molecular weight excluding hydrogens is 1390 g/mol. The van der Waals surface area contributed by atoms with Crippen molar-refractivity contribution in [2.75, 3.05) is 0 Å². The maximum absolute atomic E-state index is 4.10. The van der Waals surface area contributed by atoms with Crippen molar-refractivity contribution in [3.63, 3.8) is 0 Å². The molecule has 0 amide bonds. The fraction of sp³-hybridized carbons (Fsp3) is 1.00. The predicted molar refractivity (Wildman–Crippen MR) is 481 cm³/mol. The van der Waals surface area contributed by atoms with Crippen molar-refractivity contribution in [3.8, 4) is 0 Å². The number of rotatable bonds is 13. The van der Waals surface area contributed by atoms with Gasteiger partial charge in [-0.05, 0) is 326 Å². The lowest BCUT2D eigenvalue weighted by Gasteiger charge is -2.73. The molecule has 3 aliphatic heterocycles. The molecule has 0 N–H and O–H groups in total. The Bertz CT molecular complexity index is 2980. The van der Waals surface area contributed by atoms with Gasteiger partial charge in [-0.3, -0.25) is 19.6 Å². The summed E-state index contributed by atoms with van der Waals surface area (Å²) >= 11 is 0. The van der Waals surface area contributed by atoms with E-state index in [1.54, 1.807) is 443 Å². The van der Waals surface area contributed by atoms with Crippen LogP contribution in [0.3, 0.4) is 0 Å². The van der Waals surface area contributed by atoms with Crippen LogP contribution in [0.1, 0.15) is 456 Å². The van der Waals surface area contributed by atoms with Crippen LogP contribution in [0.5, 0.6) is 0 Å². The third-order valence-corrected chi connectivity index (χ3v) is 46.3. The number of hydrogen-bond acceptors (Lipinski definition) is 4. The van der Waals surface area contributed by atoms with Crippen molar-refractivity contribution < 1.29 is 0 Å². The molecule has 0 aromatic rings. The largest absolute Gasteiger partial charge is 0.295 e. The third kappa shape index (κ3) is 14.9. The molecule has 23 aliphatic rings. The van der Waals surface area contributed by atoms with Gasteiger partial charge in [0.2, 0.25) is 0 Å². The highest BCUT2D eigenvalue weighted by atomic mass is 15.3. The molecular formula is C110H181BN4. The fourth-order valence-electron chi connectivity index (χ4n) is 42.7. The molecule has 0 aromatic carbocycles. The Morgan fingerprint density at radius 3 is 0.974 bits per heavy atom. The summed E-state index contributed by atoms with van der Waals surface area (Å²) in [5.74, 6) is 27.9. The van der Waals surface area contributed by atoms with Gasteiger partial charge in [0, 0.05) is 72.5 Å². The predicted octanol–water partition coefficient (Wildman–Crippen LogP) is 29.0. The lowest BCUT2D eigenvalue weighted by molar-refractivity contribution is -0.155. The van der Waals surface area contributed by atoms with E-state index in [-0.39, 0.29) is 0 Å². The minimum Gasteiger partial charge on any atom is -0.295 e. The molecule has 0 aromatic heterocycles. The van der Waals surface area contributed by atoms with Crippen LogP contribution in [-0.2, 0) is 0 Å². The zero-order valence-corrected chi connectivity index (χ0v) is 75.1. The molecule has 27 unspecified atom stereocenters. The van der Waals surface area contributed by atoms with E-state index in [0.717, 1.165) is 239 Å². The first-order valence-corrected chi connectivity index (χ1v) is 56.2. The molecule has 5 heteroatoms. The Balaban J connectivity index is 0.701. The minimum atomic E-state index is 0.791. The average Bonchev–Trinajstić information content (AvgIpc) is 0.914. The topological polar surface area (TPSA) is 13.0 Å². The second-order valence-corrected chi connectivity index (χ2v) is 50.1. The molecule has 3 heterocycles. The molecule has 0 radical (unpaired) electrons. The summed E-state index contributed by atoms with van der Waals surface area (Å²) in [6, 6.07) is 10.3. The molecule has 0 spiro atoms. The normalized spacial score (nSPS) is 50.6. The van der Waals surface area contributed by atoms with E-state index in [1.807, 2.05) is 0 Å². The SMILES string of the molecule is C1CCC(C2CCC(N(C3CCC(C4CCCCC4)CC3)C3CC4C5B(C6CCC(C7CC8CCCC9C%10CCCC%11CCCC(C(C7)C89)C%11%10)CC6N4C4C(C6CCCCC6)CCCC4C4CCCCC4)C4CCC(N6C7CCCCC7C7CCCCC76)CC4N(C4C(C6CCCCC6)CCCC4C4CCCCC4)C5C3)CC2)CC1. The van der Waals surface area contributed by atoms with E-state index in [9.17, 15) is 0 Å². The van der Waals surface area contributed by atoms with Gasteiger partial charge in [-0.2, -0.15) is 0 Å². The Morgan fingerprint density at radius 2 is 0.513 bits per heavy atom. The Morgan fingerprint density at radius 1 is 0.174 bits per heavy atom. The van der Waals surface area contributed by atoms with Crippen molar-refractivity contribution in [2.45, 2.75) is 546 Å². The maximum Gasteiger partial charge on any atom is 0.156 e. The first-order valence-electron chi connectivity index (χ1n) is 56.2. The number of nitrogens with zero attached hydrogens (tertiary/aromatic N) is 4. The second-order valence-electron chi connectivity index (χ2n) is 50.1. The Labute approximate surface area is 709 Å². The van der Waals surface area contributed by atoms with Crippen LogP contribution in [0.4, 0.5) is 0 Å². The van der Waals surface area contributed by atoms with Gasteiger partial charge in [-0.1, -0.05) is 289 Å². The molecule has 115 heavy (non-hydrogen) atoms. The van der Waals surface area contributed by atoms with Crippen molar-refractivity contribution in [2.24, 2.45) is 142 Å². The van der Waals surface area contributed by atoms with Crippen molar-refractivity contribution in [3.05, 3.63) is 0 Å². The van der Waals surface area contributed by atoms with Gasteiger partial charge in [0.25, 0.3) is 0 Å².